The maximum atomic E-state index is 12.2. The van der Waals surface area contributed by atoms with Crippen molar-refractivity contribution in [1.29, 1.82) is 0 Å². The molecule has 1 aromatic carbocycles. The Bertz CT molecular complexity index is 621. The number of nitrogens with zero attached hydrogens (tertiary/aromatic N) is 1. The average molecular weight is 338 g/mol. The molecule has 0 atom stereocenters. The van der Waals surface area contributed by atoms with Gasteiger partial charge in [-0.3, -0.25) is 4.79 Å². The molecule has 0 radical (unpaired) electrons. The number of carbonyl (C=O) groups is 1. The summed E-state index contributed by atoms with van der Waals surface area (Å²) in [4.78, 5) is 16.6. The van der Waals surface area contributed by atoms with Gasteiger partial charge in [0.1, 0.15) is 0 Å². The minimum atomic E-state index is 0. The molecule has 118 valence electrons. The summed E-state index contributed by atoms with van der Waals surface area (Å²) in [6, 6.07) is 7.91. The van der Waals surface area contributed by atoms with Gasteiger partial charge >= 0.3 is 0 Å². The lowest BCUT2D eigenvalue weighted by atomic mass is 9.97. The summed E-state index contributed by atoms with van der Waals surface area (Å²) in [6.07, 6.45) is 1.84. The number of halogens is 1. The molecular weight excluding hydrogens is 318 g/mol. The van der Waals surface area contributed by atoms with Crippen LogP contribution in [0, 0.1) is 12.8 Å². The number of anilines is 1. The second-order valence-corrected chi connectivity index (χ2v) is 6.40. The van der Waals surface area contributed by atoms with E-state index >= 15 is 0 Å². The van der Waals surface area contributed by atoms with Crippen molar-refractivity contribution in [2.75, 3.05) is 18.4 Å². The van der Waals surface area contributed by atoms with Crippen LogP contribution in [0.15, 0.2) is 29.6 Å². The molecule has 0 unspecified atom stereocenters. The van der Waals surface area contributed by atoms with Crippen molar-refractivity contribution in [3.05, 3.63) is 34.7 Å². The summed E-state index contributed by atoms with van der Waals surface area (Å²) in [6.45, 7) is 3.86. The maximum absolute atomic E-state index is 12.2. The fourth-order valence-corrected chi connectivity index (χ4v) is 3.17. The number of aryl methyl sites for hydroxylation is 1. The Kier molecular flexibility index (Phi) is 5.94. The highest BCUT2D eigenvalue weighted by Gasteiger charge is 2.20. The van der Waals surface area contributed by atoms with Gasteiger partial charge in [-0.15, -0.1) is 23.7 Å². The van der Waals surface area contributed by atoms with Crippen LogP contribution in [0.2, 0.25) is 0 Å². The molecule has 1 aliphatic rings. The lowest BCUT2D eigenvalue weighted by Gasteiger charge is -2.21. The number of benzene rings is 1. The van der Waals surface area contributed by atoms with Crippen LogP contribution in [0.5, 0.6) is 0 Å². The lowest BCUT2D eigenvalue weighted by molar-refractivity contribution is -0.120. The van der Waals surface area contributed by atoms with Crippen LogP contribution in [0.4, 0.5) is 5.69 Å². The Labute approximate surface area is 140 Å². The molecule has 0 bridgehead atoms. The van der Waals surface area contributed by atoms with E-state index in [1.54, 1.807) is 11.3 Å². The van der Waals surface area contributed by atoms with Crippen LogP contribution < -0.4 is 10.6 Å². The van der Waals surface area contributed by atoms with Gasteiger partial charge in [0.05, 0.1) is 10.7 Å². The first-order valence-corrected chi connectivity index (χ1v) is 8.14. The zero-order chi connectivity index (χ0) is 14.7. The van der Waals surface area contributed by atoms with Crippen molar-refractivity contribution in [2.24, 2.45) is 5.92 Å². The molecule has 1 saturated heterocycles. The fraction of sp³-hybridized carbons (Fsp3) is 0.375. The van der Waals surface area contributed by atoms with Gasteiger partial charge in [0, 0.05) is 22.5 Å². The molecule has 1 fully saturated rings. The molecule has 2 heterocycles. The Morgan fingerprint density at radius 3 is 2.55 bits per heavy atom. The Hall–Kier alpha value is -1.43. The number of aromatic nitrogens is 1. The molecule has 1 aromatic heterocycles. The molecule has 1 aliphatic heterocycles. The number of hydrogen-bond donors (Lipinski definition) is 2. The predicted octanol–water partition coefficient (Wildman–Crippen LogP) is 3.48. The number of hydrogen-bond acceptors (Lipinski definition) is 4. The lowest BCUT2D eigenvalue weighted by Crippen LogP contribution is -2.34. The zero-order valence-electron chi connectivity index (χ0n) is 12.5. The number of nitrogens with one attached hydrogen (secondary N) is 2. The molecule has 3 rings (SSSR count). The number of thiazole rings is 1. The van der Waals surface area contributed by atoms with Crippen molar-refractivity contribution >= 4 is 35.3 Å². The molecular formula is C16H20ClN3OS. The summed E-state index contributed by atoms with van der Waals surface area (Å²) in [5, 5.41) is 9.40. The van der Waals surface area contributed by atoms with Crippen molar-refractivity contribution in [3.8, 4) is 11.3 Å². The molecule has 1 amide bonds. The minimum Gasteiger partial charge on any atom is -0.326 e. The Morgan fingerprint density at radius 1 is 1.27 bits per heavy atom. The number of rotatable bonds is 3. The highest BCUT2D eigenvalue weighted by Crippen LogP contribution is 2.23. The summed E-state index contributed by atoms with van der Waals surface area (Å²) < 4.78 is 0. The van der Waals surface area contributed by atoms with E-state index in [-0.39, 0.29) is 24.2 Å². The Balaban J connectivity index is 0.00000176. The van der Waals surface area contributed by atoms with Crippen molar-refractivity contribution in [2.45, 2.75) is 19.8 Å². The van der Waals surface area contributed by atoms with Crippen LogP contribution in [-0.2, 0) is 4.79 Å². The largest absolute Gasteiger partial charge is 0.326 e. The van der Waals surface area contributed by atoms with Gasteiger partial charge in [0.15, 0.2) is 0 Å². The minimum absolute atomic E-state index is 0. The third-order valence-electron chi connectivity index (χ3n) is 3.78. The zero-order valence-corrected chi connectivity index (χ0v) is 14.1. The maximum Gasteiger partial charge on any atom is 0.227 e. The van der Waals surface area contributed by atoms with Gasteiger partial charge in [-0.25, -0.2) is 4.98 Å². The average Bonchev–Trinajstić information content (AvgIpc) is 2.95. The molecule has 0 spiro atoms. The van der Waals surface area contributed by atoms with E-state index in [1.165, 1.54) is 0 Å². The fourth-order valence-electron chi connectivity index (χ4n) is 2.55. The molecule has 0 saturated carbocycles. The van der Waals surface area contributed by atoms with E-state index in [0.29, 0.717) is 0 Å². The monoisotopic (exact) mass is 337 g/mol. The predicted molar refractivity (Wildman–Crippen MR) is 93.8 cm³/mol. The summed E-state index contributed by atoms with van der Waals surface area (Å²) in [7, 11) is 0. The van der Waals surface area contributed by atoms with Gasteiger partial charge < -0.3 is 10.6 Å². The van der Waals surface area contributed by atoms with E-state index in [0.717, 1.165) is 47.9 Å². The molecule has 2 N–H and O–H groups in total. The number of carbonyl (C=O) groups excluding carboxylic acids is 1. The Morgan fingerprint density at radius 2 is 1.95 bits per heavy atom. The van der Waals surface area contributed by atoms with Crippen LogP contribution in [-0.4, -0.2) is 24.0 Å². The summed E-state index contributed by atoms with van der Waals surface area (Å²) in [5.74, 6) is 0.265. The topological polar surface area (TPSA) is 54.0 Å². The molecule has 2 aromatic rings. The second-order valence-electron chi connectivity index (χ2n) is 5.34. The van der Waals surface area contributed by atoms with E-state index < -0.39 is 0 Å². The highest BCUT2D eigenvalue weighted by atomic mass is 35.5. The first kappa shape index (κ1) is 16.9. The summed E-state index contributed by atoms with van der Waals surface area (Å²) >= 11 is 1.65. The number of amides is 1. The normalized spacial score (nSPS) is 15.1. The molecule has 4 nitrogen and oxygen atoms in total. The van der Waals surface area contributed by atoms with E-state index in [4.69, 9.17) is 0 Å². The van der Waals surface area contributed by atoms with Gasteiger partial charge in [-0.1, -0.05) is 12.1 Å². The van der Waals surface area contributed by atoms with Gasteiger partial charge in [0.2, 0.25) is 5.91 Å². The van der Waals surface area contributed by atoms with Crippen molar-refractivity contribution < 1.29 is 4.79 Å². The number of piperidine rings is 1. The van der Waals surface area contributed by atoms with Crippen LogP contribution >= 0.6 is 23.7 Å². The third kappa shape index (κ3) is 4.06. The van der Waals surface area contributed by atoms with Crippen molar-refractivity contribution in [3.63, 3.8) is 0 Å². The van der Waals surface area contributed by atoms with Crippen LogP contribution in [0.3, 0.4) is 0 Å². The van der Waals surface area contributed by atoms with Gasteiger partial charge in [-0.05, 0) is 45.0 Å². The quantitative estimate of drug-likeness (QED) is 0.901. The van der Waals surface area contributed by atoms with Gasteiger partial charge in [0.25, 0.3) is 0 Å². The van der Waals surface area contributed by atoms with Crippen LogP contribution in [0.1, 0.15) is 17.8 Å². The smallest absolute Gasteiger partial charge is 0.227 e. The molecule has 6 heteroatoms. The molecule has 0 aliphatic carbocycles. The summed E-state index contributed by atoms with van der Waals surface area (Å²) in [5.41, 5.74) is 2.93. The van der Waals surface area contributed by atoms with E-state index in [9.17, 15) is 4.79 Å². The standard InChI is InChI=1S/C16H19N3OS.ClH/c1-11-18-15(10-21-11)12-2-4-14(5-3-12)19-16(20)13-6-8-17-9-7-13;/h2-5,10,13,17H,6-9H2,1H3,(H,19,20);1H. The van der Waals surface area contributed by atoms with Crippen molar-refractivity contribution in [1.82, 2.24) is 10.3 Å². The van der Waals surface area contributed by atoms with E-state index in [2.05, 4.69) is 21.0 Å². The van der Waals surface area contributed by atoms with Gasteiger partial charge in [-0.2, -0.15) is 0 Å². The van der Waals surface area contributed by atoms with E-state index in [1.807, 2.05) is 31.2 Å². The third-order valence-corrected chi connectivity index (χ3v) is 4.55. The first-order chi connectivity index (χ1) is 10.2. The van der Waals surface area contributed by atoms with Crippen LogP contribution in [0.25, 0.3) is 11.3 Å². The SMILES string of the molecule is Cc1nc(-c2ccc(NC(=O)C3CCNCC3)cc2)cs1.Cl. The highest BCUT2D eigenvalue weighted by molar-refractivity contribution is 7.09. The second kappa shape index (κ2) is 7.72. The first-order valence-electron chi connectivity index (χ1n) is 7.26. The molecule has 22 heavy (non-hydrogen) atoms.